The molecule has 4 nitrogen and oxygen atoms in total. The molecule has 2 atom stereocenters. The van der Waals surface area contributed by atoms with Crippen molar-refractivity contribution in [2.24, 2.45) is 0 Å². The SMILES string of the molecule is O=[P@@]1(N(CCCl)CCCl)OCC[C@@H]2CCCCN21. The van der Waals surface area contributed by atoms with Crippen molar-refractivity contribution in [2.75, 3.05) is 38.0 Å². The van der Waals surface area contributed by atoms with E-state index in [0.717, 1.165) is 25.8 Å². The van der Waals surface area contributed by atoms with E-state index < -0.39 is 7.67 Å². The van der Waals surface area contributed by atoms with Crippen LogP contribution in [0.4, 0.5) is 0 Å². The first-order valence-electron chi connectivity index (χ1n) is 6.61. The molecule has 0 amide bonds. The van der Waals surface area contributed by atoms with Gasteiger partial charge in [0.2, 0.25) is 0 Å². The lowest BCUT2D eigenvalue weighted by Crippen LogP contribution is -2.46. The van der Waals surface area contributed by atoms with Crippen molar-refractivity contribution in [1.29, 1.82) is 0 Å². The van der Waals surface area contributed by atoms with Gasteiger partial charge in [-0.25, -0.2) is 9.34 Å². The third kappa shape index (κ3) is 3.05. The van der Waals surface area contributed by atoms with Gasteiger partial charge in [0, 0.05) is 37.4 Å². The molecule has 0 unspecified atom stereocenters. The van der Waals surface area contributed by atoms with Gasteiger partial charge in [-0.1, -0.05) is 6.42 Å². The van der Waals surface area contributed by atoms with Crippen LogP contribution in [-0.2, 0) is 9.09 Å². The maximum Gasteiger partial charge on any atom is 0.346 e. The quantitative estimate of drug-likeness (QED) is 0.576. The maximum atomic E-state index is 13.2. The molecule has 0 aliphatic carbocycles. The van der Waals surface area contributed by atoms with Crippen LogP contribution in [0.5, 0.6) is 0 Å². The second kappa shape index (κ2) is 6.92. The Morgan fingerprint density at radius 1 is 1.22 bits per heavy atom. The number of hydrogen-bond acceptors (Lipinski definition) is 2. The van der Waals surface area contributed by atoms with Crippen molar-refractivity contribution in [3.05, 3.63) is 0 Å². The molecule has 0 aromatic rings. The molecule has 0 N–H and O–H groups in total. The van der Waals surface area contributed by atoms with Crippen molar-refractivity contribution >= 4 is 30.9 Å². The van der Waals surface area contributed by atoms with E-state index in [1.165, 1.54) is 6.42 Å². The lowest BCUT2D eigenvalue weighted by Gasteiger charge is -2.47. The van der Waals surface area contributed by atoms with E-state index in [-0.39, 0.29) is 0 Å². The summed E-state index contributed by atoms with van der Waals surface area (Å²) in [6, 6.07) is 0.409. The summed E-state index contributed by atoms with van der Waals surface area (Å²) in [7, 11) is -2.89. The molecule has 2 aliphatic heterocycles. The third-order valence-corrected chi connectivity index (χ3v) is 6.82. The summed E-state index contributed by atoms with van der Waals surface area (Å²) in [5.74, 6) is 0.894. The first-order chi connectivity index (χ1) is 8.72. The van der Waals surface area contributed by atoms with Crippen molar-refractivity contribution in [3.63, 3.8) is 0 Å². The summed E-state index contributed by atoms with van der Waals surface area (Å²) in [5.41, 5.74) is 0. The maximum absolute atomic E-state index is 13.2. The number of alkyl halides is 2. The number of fused-ring (bicyclic) bond motifs is 1. The van der Waals surface area contributed by atoms with E-state index in [9.17, 15) is 4.57 Å². The highest BCUT2D eigenvalue weighted by Crippen LogP contribution is 2.59. The fourth-order valence-electron chi connectivity index (χ4n) is 2.80. The topological polar surface area (TPSA) is 32.8 Å². The Labute approximate surface area is 119 Å². The van der Waals surface area contributed by atoms with Gasteiger partial charge in [-0.2, -0.15) is 0 Å². The zero-order chi connectivity index (χ0) is 13.0. The number of halogens is 2. The fraction of sp³-hybridized carbons (Fsp3) is 1.00. The Balaban J connectivity index is 2.16. The van der Waals surface area contributed by atoms with Gasteiger partial charge in [0.25, 0.3) is 0 Å². The predicted molar refractivity (Wildman–Crippen MR) is 75.5 cm³/mol. The van der Waals surface area contributed by atoms with Crippen LogP contribution in [0.1, 0.15) is 25.7 Å². The zero-order valence-corrected chi connectivity index (χ0v) is 13.0. The largest absolute Gasteiger partial charge is 0.346 e. The Morgan fingerprint density at radius 2 is 1.94 bits per heavy atom. The second-order valence-electron chi connectivity index (χ2n) is 4.76. The minimum Gasteiger partial charge on any atom is -0.306 e. The highest BCUT2D eigenvalue weighted by molar-refractivity contribution is 7.54. The lowest BCUT2D eigenvalue weighted by atomic mass is 10.0. The van der Waals surface area contributed by atoms with Gasteiger partial charge >= 0.3 is 7.67 Å². The highest BCUT2D eigenvalue weighted by atomic mass is 35.5. The molecule has 0 radical (unpaired) electrons. The van der Waals surface area contributed by atoms with E-state index in [2.05, 4.69) is 4.67 Å². The van der Waals surface area contributed by atoms with Crippen LogP contribution in [0.3, 0.4) is 0 Å². The molecule has 2 rings (SSSR count). The number of hydrogen-bond donors (Lipinski definition) is 0. The van der Waals surface area contributed by atoms with E-state index in [1.807, 2.05) is 4.67 Å². The Hall–Kier alpha value is 0.690. The molecule has 2 aliphatic rings. The zero-order valence-electron chi connectivity index (χ0n) is 10.6. The molecule has 106 valence electrons. The normalized spacial score (nSPS) is 33.6. The van der Waals surface area contributed by atoms with Crippen molar-refractivity contribution in [2.45, 2.75) is 31.7 Å². The summed E-state index contributed by atoms with van der Waals surface area (Å²) >= 11 is 11.6. The van der Waals surface area contributed by atoms with Gasteiger partial charge in [-0.15, -0.1) is 23.2 Å². The van der Waals surface area contributed by atoms with Gasteiger partial charge in [0.15, 0.2) is 0 Å². The fourth-order valence-corrected chi connectivity index (χ4v) is 6.16. The first kappa shape index (κ1) is 15.1. The average molecular weight is 315 g/mol. The van der Waals surface area contributed by atoms with Gasteiger partial charge in [0.1, 0.15) is 0 Å². The predicted octanol–water partition coefficient (Wildman–Crippen LogP) is 3.15. The van der Waals surface area contributed by atoms with Crippen LogP contribution in [0, 0.1) is 0 Å². The molecule has 0 spiro atoms. The molecule has 0 saturated carbocycles. The van der Waals surface area contributed by atoms with Gasteiger partial charge in [-0.3, -0.25) is 4.57 Å². The standard InChI is InChI=1S/C11H21Cl2N2O2P/c12-5-8-14(9-6-13)18(16)15-7-2-1-3-11(15)4-10-17-18/h11H,1-10H2/t11-,18-/m0/s1. The summed E-state index contributed by atoms with van der Waals surface area (Å²) in [6.45, 7) is 2.58. The summed E-state index contributed by atoms with van der Waals surface area (Å²) in [5, 5.41) is 0. The molecular weight excluding hydrogens is 294 g/mol. The van der Waals surface area contributed by atoms with Crippen LogP contribution >= 0.6 is 30.9 Å². The van der Waals surface area contributed by atoms with Crippen molar-refractivity contribution in [1.82, 2.24) is 9.34 Å². The van der Waals surface area contributed by atoms with Crippen LogP contribution < -0.4 is 0 Å². The summed E-state index contributed by atoms with van der Waals surface area (Å²) < 4.78 is 22.8. The molecule has 18 heavy (non-hydrogen) atoms. The Kier molecular flexibility index (Phi) is 5.80. The Bertz CT molecular complexity index is 311. The van der Waals surface area contributed by atoms with E-state index in [1.54, 1.807) is 0 Å². The van der Waals surface area contributed by atoms with Crippen molar-refractivity contribution in [3.8, 4) is 0 Å². The summed E-state index contributed by atoms with van der Waals surface area (Å²) in [4.78, 5) is 0. The van der Waals surface area contributed by atoms with E-state index in [0.29, 0.717) is 37.5 Å². The monoisotopic (exact) mass is 314 g/mol. The van der Waals surface area contributed by atoms with Gasteiger partial charge < -0.3 is 4.52 Å². The molecule has 2 saturated heterocycles. The van der Waals surface area contributed by atoms with Crippen LogP contribution in [0.2, 0.25) is 0 Å². The van der Waals surface area contributed by atoms with Gasteiger partial charge in [-0.05, 0) is 19.3 Å². The molecular formula is C11H21Cl2N2O2P. The van der Waals surface area contributed by atoms with Crippen molar-refractivity contribution < 1.29 is 9.09 Å². The molecule has 0 bridgehead atoms. The van der Waals surface area contributed by atoms with E-state index >= 15 is 0 Å². The van der Waals surface area contributed by atoms with Crippen LogP contribution in [0.15, 0.2) is 0 Å². The summed E-state index contributed by atoms with van der Waals surface area (Å²) in [6.07, 6.45) is 4.44. The third-order valence-electron chi connectivity index (χ3n) is 3.67. The average Bonchev–Trinajstić information content (AvgIpc) is 2.39. The van der Waals surface area contributed by atoms with Crippen LogP contribution in [0.25, 0.3) is 0 Å². The number of nitrogens with zero attached hydrogens (tertiary/aromatic N) is 2. The number of rotatable bonds is 5. The number of piperidine rings is 1. The molecule has 0 aromatic carbocycles. The molecule has 0 aromatic heterocycles. The van der Waals surface area contributed by atoms with Crippen LogP contribution in [-0.4, -0.2) is 53.4 Å². The highest BCUT2D eigenvalue weighted by Gasteiger charge is 2.45. The smallest absolute Gasteiger partial charge is 0.306 e. The molecule has 2 heterocycles. The minimum absolute atomic E-state index is 0.409. The first-order valence-corrected chi connectivity index (χ1v) is 9.21. The van der Waals surface area contributed by atoms with Gasteiger partial charge in [0.05, 0.1) is 6.61 Å². The second-order valence-corrected chi connectivity index (χ2v) is 7.83. The Morgan fingerprint density at radius 3 is 2.61 bits per heavy atom. The molecule has 2 fully saturated rings. The minimum atomic E-state index is -2.89. The lowest BCUT2D eigenvalue weighted by molar-refractivity contribution is 0.105. The molecule has 7 heteroatoms. The van der Waals surface area contributed by atoms with E-state index in [4.69, 9.17) is 27.7 Å².